The second-order valence-corrected chi connectivity index (χ2v) is 6.86. The van der Waals surface area contributed by atoms with E-state index in [0.29, 0.717) is 6.42 Å². The number of carbonyl (C=O) groups excluding carboxylic acids is 1. The third-order valence-electron chi connectivity index (χ3n) is 4.95. The number of rotatable bonds is 5. The number of aromatic nitrogens is 2. The lowest BCUT2D eigenvalue weighted by Crippen LogP contribution is -2.47. The molecule has 5 nitrogen and oxygen atoms in total. The molecule has 0 unspecified atom stereocenters. The average Bonchev–Trinajstić information content (AvgIpc) is 3.01. The molecule has 3 rings (SSSR count). The molecule has 1 fully saturated rings. The van der Waals surface area contributed by atoms with E-state index >= 15 is 0 Å². The Kier molecular flexibility index (Phi) is 5.71. The van der Waals surface area contributed by atoms with Crippen molar-refractivity contribution in [1.29, 1.82) is 0 Å². The van der Waals surface area contributed by atoms with E-state index in [9.17, 15) is 9.18 Å². The van der Waals surface area contributed by atoms with Gasteiger partial charge < -0.3 is 9.80 Å². The summed E-state index contributed by atoms with van der Waals surface area (Å²) in [7, 11) is 2.08. The zero-order chi connectivity index (χ0) is 18.7. The Labute approximate surface area is 154 Å². The molecule has 1 aliphatic rings. The van der Waals surface area contributed by atoms with E-state index in [-0.39, 0.29) is 11.7 Å². The molecule has 0 saturated carbocycles. The Morgan fingerprint density at radius 1 is 1.12 bits per heavy atom. The Hall–Kier alpha value is -2.21. The first-order chi connectivity index (χ1) is 12.5. The highest BCUT2D eigenvalue weighted by Crippen LogP contribution is 2.23. The topological polar surface area (TPSA) is 41.4 Å². The molecule has 1 aromatic heterocycles. The highest BCUT2D eigenvalue weighted by molar-refractivity contribution is 5.96. The van der Waals surface area contributed by atoms with Crippen LogP contribution < -0.4 is 0 Å². The minimum atomic E-state index is -0.276. The lowest BCUT2D eigenvalue weighted by Gasteiger charge is -2.32. The molecular formula is C20H27FN4O. The van der Waals surface area contributed by atoms with E-state index in [1.807, 2.05) is 16.5 Å². The standard InChI is InChI=1S/C20H27FN4O/c1-4-6-17-19(20(26)24-13-11-23(3)12-14-24)18(5-2)25(22-17)16-9-7-15(21)8-10-16/h7-10H,4-6,11-14H2,1-3H3. The first-order valence-electron chi connectivity index (χ1n) is 9.39. The number of halogens is 1. The summed E-state index contributed by atoms with van der Waals surface area (Å²) in [5.41, 5.74) is 3.28. The number of carbonyl (C=O) groups is 1. The molecule has 1 amide bonds. The molecule has 0 bridgehead atoms. The van der Waals surface area contributed by atoms with Crippen LogP contribution in [0.1, 0.15) is 42.0 Å². The van der Waals surface area contributed by atoms with Crippen molar-refractivity contribution < 1.29 is 9.18 Å². The van der Waals surface area contributed by atoms with Crippen molar-refractivity contribution >= 4 is 5.91 Å². The number of hydrogen-bond donors (Lipinski definition) is 0. The number of aryl methyl sites for hydroxylation is 1. The molecule has 26 heavy (non-hydrogen) atoms. The van der Waals surface area contributed by atoms with Crippen LogP contribution in [-0.2, 0) is 12.8 Å². The molecule has 1 aliphatic heterocycles. The normalized spacial score (nSPS) is 15.5. The van der Waals surface area contributed by atoms with E-state index in [2.05, 4.69) is 18.9 Å². The van der Waals surface area contributed by atoms with Crippen LogP contribution in [-0.4, -0.2) is 58.7 Å². The molecular weight excluding hydrogens is 331 g/mol. The van der Waals surface area contributed by atoms with Crippen molar-refractivity contribution in [2.45, 2.75) is 33.1 Å². The molecule has 2 heterocycles. The molecule has 0 N–H and O–H groups in total. The maximum atomic E-state index is 13.3. The molecule has 1 aromatic carbocycles. The lowest BCUT2D eigenvalue weighted by atomic mass is 10.1. The van der Waals surface area contributed by atoms with Crippen molar-refractivity contribution in [2.24, 2.45) is 0 Å². The SMILES string of the molecule is CCCc1nn(-c2ccc(F)cc2)c(CC)c1C(=O)N1CCN(C)CC1. The number of nitrogens with zero attached hydrogens (tertiary/aromatic N) is 4. The maximum Gasteiger partial charge on any atom is 0.257 e. The van der Waals surface area contributed by atoms with Crippen LogP contribution in [0, 0.1) is 5.82 Å². The lowest BCUT2D eigenvalue weighted by molar-refractivity contribution is 0.0662. The van der Waals surface area contributed by atoms with E-state index in [0.717, 1.165) is 61.7 Å². The quantitative estimate of drug-likeness (QED) is 0.825. The summed E-state index contributed by atoms with van der Waals surface area (Å²) >= 11 is 0. The Morgan fingerprint density at radius 3 is 2.35 bits per heavy atom. The zero-order valence-corrected chi connectivity index (χ0v) is 15.8. The number of likely N-dealkylation sites (N-methyl/N-ethyl adjacent to an activating group) is 1. The minimum Gasteiger partial charge on any atom is -0.336 e. The Bertz CT molecular complexity index is 761. The van der Waals surface area contributed by atoms with Gasteiger partial charge in [0.25, 0.3) is 5.91 Å². The number of piperazine rings is 1. The third kappa shape index (κ3) is 3.65. The summed E-state index contributed by atoms with van der Waals surface area (Å²) in [5.74, 6) is -0.201. The Morgan fingerprint density at radius 2 is 1.77 bits per heavy atom. The second kappa shape index (κ2) is 7.99. The van der Waals surface area contributed by atoms with Gasteiger partial charge in [0.05, 0.1) is 22.6 Å². The van der Waals surface area contributed by atoms with Gasteiger partial charge in [0.1, 0.15) is 5.82 Å². The summed E-state index contributed by atoms with van der Waals surface area (Å²) in [6.45, 7) is 7.39. The monoisotopic (exact) mass is 358 g/mol. The van der Waals surface area contributed by atoms with E-state index in [4.69, 9.17) is 5.10 Å². The summed E-state index contributed by atoms with van der Waals surface area (Å²) in [5, 5.41) is 4.74. The predicted octanol–water partition coefficient (Wildman–Crippen LogP) is 2.91. The van der Waals surface area contributed by atoms with Crippen LogP contribution in [0.5, 0.6) is 0 Å². The van der Waals surface area contributed by atoms with Crippen molar-refractivity contribution in [3.63, 3.8) is 0 Å². The van der Waals surface area contributed by atoms with Gasteiger partial charge in [-0.05, 0) is 44.2 Å². The van der Waals surface area contributed by atoms with Gasteiger partial charge in [-0.25, -0.2) is 9.07 Å². The summed E-state index contributed by atoms with van der Waals surface area (Å²) in [4.78, 5) is 17.4. The molecule has 0 radical (unpaired) electrons. The van der Waals surface area contributed by atoms with Gasteiger partial charge in [-0.3, -0.25) is 4.79 Å². The predicted molar refractivity (Wildman–Crippen MR) is 100 cm³/mol. The van der Waals surface area contributed by atoms with E-state index in [1.54, 1.807) is 12.1 Å². The number of benzene rings is 1. The molecule has 0 atom stereocenters. The molecule has 0 aliphatic carbocycles. The van der Waals surface area contributed by atoms with Crippen molar-refractivity contribution in [3.05, 3.63) is 47.0 Å². The molecule has 6 heteroatoms. The highest BCUT2D eigenvalue weighted by Gasteiger charge is 2.28. The van der Waals surface area contributed by atoms with Crippen LogP contribution in [0.15, 0.2) is 24.3 Å². The average molecular weight is 358 g/mol. The van der Waals surface area contributed by atoms with Crippen LogP contribution in [0.25, 0.3) is 5.69 Å². The first kappa shape index (κ1) is 18.6. The van der Waals surface area contributed by atoms with E-state index in [1.165, 1.54) is 12.1 Å². The minimum absolute atomic E-state index is 0.0757. The van der Waals surface area contributed by atoms with Gasteiger partial charge in [-0.1, -0.05) is 20.3 Å². The largest absolute Gasteiger partial charge is 0.336 e. The summed E-state index contributed by atoms with van der Waals surface area (Å²) in [6, 6.07) is 6.28. The van der Waals surface area contributed by atoms with Crippen LogP contribution in [0.2, 0.25) is 0 Å². The van der Waals surface area contributed by atoms with Gasteiger partial charge in [0.15, 0.2) is 0 Å². The molecule has 140 valence electrons. The number of hydrogen-bond acceptors (Lipinski definition) is 3. The molecule has 2 aromatic rings. The fraction of sp³-hybridized carbons (Fsp3) is 0.500. The fourth-order valence-electron chi connectivity index (χ4n) is 3.45. The molecule has 0 spiro atoms. The highest BCUT2D eigenvalue weighted by atomic mass is 19.1. The van der Waals surface area contributed by atoms with Gasteiger partial charge in [-0.2, -0.15) is 5.10 Å². The van der Waals surface area contributed by atoms with Crippen LogP contribution in [0.3, 0.4) is 0 Å². The van der Waals surface area contributed by atoms with Gasteiger partial charge in [0, 0.05) is 26.2 Å². The zero-order valence-electron chi connectivity index (χ0n) is 15.8. The fourth-order valence-corrected chi connectivity index (χ4v) is 3.45. The smallest absolute Gasteiger partial charge is 0.257 e. The second-order valence-electron chi connectivity index (χ2n) is 6.86. The van der Waals surface area contributed by atoms with E-state index < -0.39 is 0 Å². The van der Waals surface area contributed by atoms with Gasteiger partial charge >= 0.3 is 0 Å². The number of amides is 1. The first-order valence-corrected chi connectivity index (χ1v) is 9.39. The summed E-state index contributed by atoms with van der Waals surface area (Å²) in [6.07, 6.45) is 2.38. The summed E-state index contributed by atoms with van der Waals surface area (Å²) < 4.78 is 15.1. The van der Waals surface area contributed by atoms with Gasteiger partial charge in [-0.15, -0.1) is 0 Å². The van der Waals surface area contributed by atoms with Crippen LogP contribution >= 0.6 is 0 Å². The van der Waals surface area contributed by atoms with Crippen LogP contribution in [0.4, 0.5) is 4.39 Å². The van der Waals surface area contributed by atoms with Crippen molar-refractivity contribution in [1.82, 2.24) is 19.6 Å². The van der Waals surface area contributed by atoms with Crippen molar-refractivity contribution in [2.75, 3.05) is 33.2 Å². The van der Waals surface area contributed by atoms with Gasteiger partial charge in [0.2, 0.25) is 0 Å². The third-order valence-corrected chi connectivity index (χ3v) is 4.95. The molecule has 1 saturated heterocycles. The maximum absolute atomic E-state index is 13.3. The Balaban J connectivity index is 2.02. The van der Waals surface area contributed by atoms with Crippen molar-refractivity contribution in [3.8, 4) is 5.69 Å².